The summed E-state index contributed by atoms with van der Waals surface area (Å²) < 4.78 is 1.99. The Morgan fingerprint density at radius 1 is 1.79 bits per heavy atom. The largest absolute Gasteiger partial charge is 0.481 e. The maximum Gasteiger partial charge on any atom is 0.314 e. The van der Waals surface area contributed by atoms with Crippen LogP contribution in [0.2, 0.25) is 0 Å². The molecule has 0 amide bonds. The topological polar surface area (TPSA) is 55.1 Å². The van der Waals surface area contributed by atoms with E-state index >= 15 is 0 Å². The first kappa shape index (κ1) is 9.24. The lowest BCUT2D eigenvalue weighted by Gasteiger charge is -2.19. The number of carbonyl (C=O) groups is 1. The number of hydrogen-bond donors (Lipinski definition) is 1. The van der Waals surface area contributed by atoms with Gasteiger partial charge in [-0.3, -0.25) is 4.79 Å². The number of carboxylic acids is 1. The van der Waals surface area contributed by atoms with Crippen molar-refractivity contribution in [3.05, 3.63) is 17.7 Å². The molecule has 1 aliphatic rings. The molecule has 4 nitrogen and oxygen atoms in total. The lowest BCUT2D eigenvalue weighted by molar-refractivity contribution is -0.139. The van der Waals surface area contributed by atoms with Gasteiger partial charge in [-0.1, -0.05) is 6.92 Å². The molecule has 1 aromatic rings. The summed E-state index contributed by atoms with van der Waals surface area (Å²) in [6.07, 6.45) is 4.50. The van der Waals surface area contributed by atoms with Crippen LogP contribution in [0, 0.1) is 0 Å². The average Bonchev–Trinajstić information content (AvgIpc) is 2.59. The molecule has 0 aromatic carbocycles. The Bertz CT molecular complexity index is 357. The molecule has 0 fully saturated rings. The molecule has 0 aliphatic carbocycles. The molecule has 2 heterocycles. The summed E-state index contributed by atoms with van der Waals surface area (Å²) >= 11 is 0. The van der Waals surface area contributed by atoms with Gasteiger partial charge in [0.2, 0.25) is 0 Å². The first-order valence-electron chi connectivity index (χ1n) is 5.01. The lowest BCUT2D eigenvalue weighted by Crippen LogP contribution is -2.21. The first-order valence-corrected chi connectivity index (χ1v) is 5.01. The Morgan fingerprint density at radius 3 is 3.21 bits per heavy atom. The summed E-state index contributed by atoms with van der Waals surface area (Å²) in [6.45, 7) is 2.94. The minimum atomic E-state index is -0.751. The van der Waals surface area contributed by atoms with E-state index < -0.39 is 11.9 Å². The molecule has 2 rings (SSSR count). The molecule has 14 heavy (non-hydrogen) atoms. The predicted octanol–water partition coefficient (Wildman–Crippen LogP) is 1.41. The van der Waals surface area contributed by atoms with Crippen LogP contribution < -0.4 is 0 Å². The van der Waals surface area contributed by atoms with Crippen LogP contribution in [-0.2, 0) is 17.8 Å². The third-order valence-electron chi connectivity index (χ3n) is 2.72. The maximum atomic E-state index is 11.0. The van der Waals surface area contributed by atoms with Gasteiger partial charge in [-0.05, 0) is 19.3 Å². The third kappa shape index (κ3) is 1.41. The van der Waals surface area contributed by atoms with Crippen LogP contribution >= 0.6 is 0 Å². The molecular weight excluding hydrogens is 180 g/mol. The minimum absolute atomic E-state index is 0.399. The van der Waals surface area contributed by atoms with Crippen molar-refractivity contribution >= 4 is 5.97 Å². The van der Waals surface area contributed by atoms with Gasteiger partial charge in [0.25, 0.3) is 0 Å². The highest BCUT2D eigenvalue weighted by atomic mass is 16.4. The van der Waals surface area contributed by atoms with Crippen molar-refractivity contribution in [3.63, 3.8) is 0 Å². The van der Waals surface area contributed by atoms with E-state index in [1.807, 2.05) is 17.7 Å². The molecule has 0 saturated carbocycles. The normalized spacial score (nSPS) is 20.5. The molecule has 1 aromatic heterocycles. The summed E-state index contributed by atoms with van der Waals surface area (Å²) in [7, 11) is 0. The fourth-order valence-electron chi connectivity index (χ4n) is 1.94. The van der Waals surface area contributed by atoms with Gasteiger partial charge in [0.15, 0.2) is 0 Å². The fourth-order valence-corrected chi connectivity index (χ4v) is 1.94. The number of hydrogen-bond acceptors (Lipinski definition) is 2. The van der Waals surface area contributed by atoms with Crippen LogP contribution in [0.4, 0.5) is 0 Å². The number of aliphatic carboxylic acids is 1. The molecule has 1 unspecified atom stereocenters. The summed E-state index contributed by atoms with van der Waals surface area (Å²) in [5.41, 5.74) is 0.994. The van der Waals surface area contributed by atoms with Gasteiger partial charge in [-0.25, -0.2) is 4.98 Å². The van der Waals surface area contributed by atoms with Crippen molar-refractivity contribution in [2.45, 2.75) is 38.6 Å². The molecule has 0 radical (unpaired) electrons. The number of fused-ring (bicyclic) bond motifs is 1. The van der Waals surface area contributed by atoms with Crippen LogP contribution in [0.5, 0.6) is 0 Å². The molecule has 1 N–H and O–H groups in total. The van der Waals surface area contributed by atoms with Crippen molar-refractivity contribution in [2.75, 3.05) is 0 Å². The minimum Gasteiger partial charge on any atom is -0.481 e. The zero-order valence-electron chi connectivity index (χ0n) is 8.23. The predicted molar refractivity (Wildman–Crippen MR) is 51.2 cm³/mol. The van der Waals surface area contributed by atoms with E-state index in [4.69, 9.17) is 5.11 Å². The van der Waals surface area contributed by atoms with Crippen LogP contribution in [0.25, 0.3) is 0 Å². The quantitative estimate of drug-likeness (QED) is 0.774. The second-order valence-corrected chi connectivity index (χ2v) is 3.67. The molecular formula is C10H14N2O2. The van der Waals surface area contributed by atoms with Gasteiger partial charge < -0.3 is 9.67 Å². The summed E-state index contributed by atoms with van der Waals surface area (Å²) in [6, 6.07) is 0. The van der Waals surface area contributed by atoms with Crippen LogP contribution in [0.1, 0.15) is 37.2 Å². The highest BCUT2D eigenvalue weighted by Gasteiger charge is 2.28. The Balaban J connectivity index is 2.38. The van der Waals surface area contributed by atoms with Crippen molar-refractivity contribution in [1.29, 1.82) is 0 Å². The second kappa shape index (κ2) is 3.44. The SMILES string of the molecule is CCc1cn2c(n1)C(C(=O)O)CCC2. The van der Waals surface area contributed by atoms with Gasteiger partial charge in [-0.2, -0.15) is 0 Å². The number of carboxylic acid groups (broad SMARTS) is 1. The molecule has 0 bridgehead atoms. The number of nitrogens with zero attached hydrogens (tertiary/aromatic N) is 2. The number of aryl methyl sites for hydroxylation is 2. The van der Waals surface area contributed by atoms with Gasteiger partial charge in [0.05, 0.1) is 5.69 Å². The maximum absolute atomic E-state index is 11.0. The monoisotopic (exact) mass is 194 g/mol. The second-order valence-electron chi connectivity index (χ2n) is 3.67. The summed E-state index contributed by atoms with van der Waals surface area (Å²) in [5.74, 6) is -0.413. The van der Waals surface area contributed by atoms with E-state index in [1.54, 1.807) is 0 Å². The highest BCUT2D eigenvalue weighted by molar-refractivity contribution is 5.75. The smallest absolute Gasteiger partial charge is 0.314 e. The lowest BCUT2D eigenvalue weighted by atomic mass is 9.99. The average molecular weight is 194 g/mol. The molecule has 76 valence electrons. The van der Waals surface area contributed by atoms with Crippen molar-refractivity contribution in [2.24, 2.45) is 0 Å². The molecule has 1 atom stereocenters. The van der Waals surface area contributed by atoms with Gasteiger partial charge in [-0.15, -0.1) is 0 Å². The number of rotatable bonds is 2. The van der Waals surface area contributed by atoms with E-state index in [2.05, 4.69) is 4.98 Å². The van der Waals surface area contributed by atoms with Crippen LogP contribution in [-0.4, -0.2) is 20.6 Å². The zero-order chi connectivity index (χ0) is 10.1. The Hall–Kier alpha value is -1.32. The number of imidazole rings is 1. The van der Waals surface area contributed by atoms with Crippen molar-refractivity contribution in [3.8, 4) is 0 Å². The van der Waals surface area contributed by atoms with E-state index in [1.165, 1.54) is 0 Å². The molecule has 4 heteroatoms. The van der Waals surface area contributed by atoms with Gasteiger partial charge in [0.1, 0.15) is 11.7 Å². The standard InChI is InChI=1S/C10H14N2O2/c1-2-7-6-12-5-3-4-8(10(13)14)9(12)11-7/h6,8H,2-5H2,1H3,(H,13,14). The fraction of sp³-hybridized carbons (Fsp3) is 0.600. The Labute approximate surface area is 82.6 Å². The molecule has 0 saturated heterocycles. The van der Waals surface area contributed by atoms with Crippen LogP contribution in [0.3, 0.4) is 0 Å². The van der Waals surface area contributed by atoms with E-state index in [0.29, 0.717) is 0 Å². The Kier molecular flexibility index (Phi) is 2.27. The summed E-state index contributed by atoms with van der Waals surface area (Å²) in [4.78, 5) is 15.3. The van der Waals surface area contributed by atoms with E-state index in [0.717, 1.165) is 37.3 Å². The van der Waals surface area contributed by atoms with E-state index in [-0.39, 0.29) is 0 Å². The number of aromatic nitrogens is 2. The van der Waals surface area contributed by atoms with Gasteiger partial charge in [0, 0.05) is 12.7 Å². The van der Waals surface area contributed by atoms with Crippen LogP contribution in [0.15, 0.2) is 6.20 Å². The zero-order valence-corrected chi connectivity index (χ0v) is 8.23. The third-order valence-corrected chi connectivity index (χ3v) is 2.72. The highest BCUT2D eigenvalue weighted by Crippen LogP contribution is 2.26. The summed E-state index contributed by atoms with van der Waals surface area (Å²) in [5, 5.41) is 9.01. The molecule has 1 aliphatic heterocycles. The molecule has 0 spiro atoms. The van der Waals surface area contributed by atoms with Gasteiger partial charge >= 0.3 is 5.97 Å². The first-order chi connectivity index (χ1) is 6.72. The Morgan fingerprint density at radius 2 is 2.57 bits per heavy atom. The van der Waals surface area contributed by atoms with E-state index in [9.17, 15) is 4.79 Å². The van der Waals surface area contributed by atoms with Crippen molar-refractivity contribution in [1.82, 2.24) is 9.55 Å². The van der Waals surface area contributed by atoms with Crippen molar-refractivity contribution < 1.29 is 9.90 Å².